The maximum atomic E-state index is 13.7. The summed E-state index contributed by atoms with van der Waals surface area (Å²) < 4.78 is 13.7. The van der Waals surface area contributed by atoms with Crippen LogP contribution >= 0.6 is 0 Å². The van der Waals surface area contributed by atoms with Crippen LogP contribution in [0.4, 0.5) is 10.1 Å². The number of nitrogens with zero attached hydrogens (tertiary/aromatic N) is 1. The van der Waals surface area contributed by atoms with Crippen molar-refractivity contribution in [1.82, 2.24) is 4.90 Å². The van der Waals surface area contributed by atoms with Crippen LogP contribution in [0.1, 0.15) is 25.3 Å². The van der Waals surface area contributed by atoms with E-state index >= 15 is 0 Å². The molecule has 1 N–H and O–H groups in total. The predicted octanol–water partition coefficient (Wildman–Crippen LogP) is 2.56. The van der Waals surface area contributed by atoms with Gasteiger partial charge in [0.1, 0.15) is 11.9 Å². The van der Waals surface area contributed by atoms with E-state index in [1.54, 1.807) is 13.0 Å². The van der Waals surface area contributed by atoms with Gasteiger partial charge in [-0.2, -0.15) is 0 Å². The van der Waals surface area contributed by atoms with Crippen molar-refractivity contribution in [2.75, 3.05) is 18.4 Å². The molecule has 1 heterocycles. The molecule has 1 fully saturated rings. The van der Waals surface area contributed by atoms with Gasteiger partial charge in [-0.25, -0.2) is 4.39 Å². The van der Waals surface area contributed by atoms with Crippen molar-refractivity contribution in [3.8, 4) is 0 Å². The number of carbonyl (C=O) groups is 1. The van der Waals surface area contributed by atoms with E-state index < -0.39 is 6.04 Å². The molecule has 4 heteroatoms. The quantitative estimate of drug-likeness (QED) is 0.894. The van der Waals surface area contributed by atoms with Crippen molar-refractivity contribution in [2.45, 2.75) is 32.7 Å². The lowest BCUT2D eigenvalue weighted by atomic mass is 10.1. The molecule has 1 unspecified atom stereocenters. The molecule has 3 nitrogen and oxygen atoms in total. The van der Waals surface area contributed by atoms with Crippen LogP contribution in [0.15, 0.2) is 18.2 Å². The van der Waals surface area contributed by atoms with Crippen molar-refractivity contribution < 1.29 is 9.18 Å². The Morgan fingerprint density at radius 3 is 2.67 bits per heavy atom. The van der Waals surface area contributed by atoms with Crippen molar-refractivity contribution >= 4 is 11.6 Å². The standard InChI is InChI=1S/C14H19FN2O/c1-10-6-5-7-12(15)13(10)16-11(2)14(18)17-8-3-4-9-17/h5-7,11,16H,3-4,8-9H2,1-2H3. The van der Waals surface area contributed by atoms with Gasteiger partial charge in [0, 0.05) is 13.1 Å². The largest absolute Gasteiger partial charge is 0.371 e. The van der Waals surface area contributed by atoms with Gasteiger partial charge in [-0.05, 0) is 38.3 Å². The lowest BCUT2D eigenvalue weighted by Crippen LogP contribution is -2.39. The molecule has 0 aromatic heterocycles. The Labute approximate surface area is 107 Å². The second-order valence-electron chi connectivity index (χ2n) is 4.83. The maximum Gasteiger partial charge on any atom is 0.244 e. The van der Waals surface area contributed by atoms with E-state index in [1.165, 1.54) is 6.07 Å². The van der Waals surface area contributed by atoms with E-state index in [-0.39, 0.29) is 11.7 Å². The van der Waals surface area contributed by atoms with Gasteiger partial charge < -0.3 is 10.2 Å². The molecule has 0 radical (unpaired) electrons. The summed E-state index contributed by atoms with van der Waals surface area (Å²) in [6, 6.07) is 4.52. The average molecular weight is 250 g/mol. The van der Waals surface area contributed by atoms with Crippen LogP contribution in [0.5, 0.6) is 0 Å². The number of hydrogen-bond donors (Lipinski definition) is 1. The fourth-order valence-corrected chi connectivity index (χ4v) is 2.30. The number of likely N-dealkylation sites (tertiary alicyclic amines) is 1. The van der Waals surface area contributed by atoms with Crippen LogP contribution in [-0.4, -0.2) is 29.9 Å². The van der Waals surface area contributed by atoms with Gasteiger partial charge in [0.2, 0.25) is 5.91 Å². The van der Waals surface area contributed by atoms with E-state index in [0.29, 0.717) is 5.69 Å². The first-order chi connectivity index (χ1) is 8.59. The fraction of sp³-hybridized carbons (Fsp3) is 0.500. The third-order valence-electron chi connectivity index (χ3n) is 3.37. The number of para-hydroxylation sites is 1. The first-order valence-corrected chi connectivity index (χ1v) is 6.40. The van der Waals surface area contributed by atoms with Crippen LogP contribution < -0.4 is 5.32 Å². The summed E-state index contributed by atoms with van der Waals surface area (Å²) in [6.45, 7) is 5.26. The molecule has 1 aromatic carbocycles. The number of benzene rings is 1. The molecule has 1 amide bonds. The zero-order chi connectivity index (χ0) is 13.1. The van der Waals surface area contributed by atoms with Crippen molar-refractivity contribution in [3.05, 3.63) is 29.6 Å². The molecule has 18 heavy (non-hydrogen) atoms. The summed E-state index contributed by atoms with van der Waals surface area (Å²) >= 11 is 0. The lowest BCUT2D eigenvalue weighted by Gasteiger charge is -2.22. The maximum absolute atomic E-state index is 13.7. The third kappa shape index (κ3) is 2.63. The highest BCUT2D eigenvalue weighted by Gasteiger charge is 2.23. The molecule has 1 aliphatic heterocycles. The lowest BCUT2D eigenvalue weighted by molar-refractivity contribution is -0.130. The van der Waals surface area contributed by atoms with E-state index in [1.807, 2.05) is 17.9 Å². The SMILES string of the molecule is Cc1cccc(F)c1NC(C)C(=O)N1CCCC1. The van der Waals surface area contributed by atoms with Crippen LogP contribution in [0.2, 0.25) is 0 Å². The average Bonchev–Trinajstić information content (AvgIpc) is 2.86. The molecule has 1 atom stereocenters. The van der Waals surface area contributed by atoms with Gasteiger partial charge in [0.15, 0.2) is 0 Å². The highest BCUT2D eigenvalue weighted by Crippen LogP contribution is 2.20. The molecule has 1 aromatic rings. The van der Waals surface area contributed by atoms with Crippen LogP contribution in [-0.2, 0) is 4.79 Å². The van der Waals surface area contributed by atoms with Crippen molar-refractivity contribution in [2.24, 2.45) is 0 Å². The molecule has 0 bridgehead atoms. The van der Waals surface area contributed by atoms with E-state index in [4.69, 9.17) is 0 Å². The molecule has 0 aliphatic carbocycles. The minimum Gasteiger partial charge on any atom is -0.371 e. The van der Waals surface area contributed by atoms with Crippen LogP contribution in [0.3, 0.4) is 0 Å². The van der Waals surface area contributed by atoms with Crippen LogP contribution in [0.25, 0.3) is 0 Å². The number of nitrogens with one attached hydrogen (secondary N) is 1. The number of hydrogen-bond acceptors (Lipinski definition) is 2. The Morgan fingerprint density at radius 2 is 2.06 bits per heavy atom. The summed E-state index contributed by atoms with van der Waals surface area (Å²) in [6.07, 6.45) is 2.13. The topological polar surface area (TPSA) is 32.3 Å². The van der Waals surface area contributed by atoms with E-state index in [0.717, 1.165) is 31.5 Å². The summed E-state index contributed by atoms with van der Waals surface area (Å²) in [7, 11) is 0. The summed E-state index contributed by atoms with van der Waals surface area (Å²) in [5.74, 6) is -0.258. The highest BCUT2D eigenvalue weighted by molar-refractivity contribution is 5.84. The molecule has 98 valence electrons. The number of aryl methyl sites for hydroxylation is 1. The zero-order valence-corrected chi connectivity index (χ0v) is 10.9. The summed E-state index contributed by atoms with van der Waals surface area (Å²) in [5.41, 5.74) is 1.24. The van der Waals surface area contributed by atoms with Gasteiger partial charge in [-0.1, -0.05) is 12.1 Å². The minimum atomic E-state index is -0.390. The fourth-order valence-electron chi connectivity index (χ4n) is 2.30. The molecule has 2 rings (SSSR count). The molecule has 0 saturated carbocycles. The summed E-state index contributed by atoms with van der Waals surface area (Å²) in [4.78, 5) is 14.0. The normalized spacial score (nSPS) is 16.7. The van der Waals surface area contributed by atoms with E-state index in [9.17, 15) is 9.18 Å². The van der Waals surface area contributed by atoms with Gasteiger partial charge in [-0.15, -0.1) is 0 Å². The highest BCUT2D eigenvalue weighted by atomic mass is 19.1. The number of anilines is 1. The van der Waals surface area contributed by atoms with Gasteiger partial charge >= 0.3 is 0 Å². The first-order valence-electron chi connectivity index (χ1n) is 6.40. The third-order valence-corrected chi connectivity index (χ3v) is 3.37. The Bertz CT molecular complexity index is 421. The Hall–Kier alpha value is -1.58. The number of carbonyl (C=O) groups excluding carboxylic acids is 1. The van der Waals surface area contributed by atoms with Gasteiger partial charge in [0.25, 0.3) is 0 Å². The van der Waals surface area contributed by atoms with Gasteiger partial charge in [0.05, 0.1) is 5.69 Å². The Kier molecular flexibility index (Phi) is 3.84. The number of amides is 1. The second-order valence-corrected chi connectivity index (χ2v) is 4.83. The molecular formula is C14H19FN2O. The minimum absolute atomic E-state index is 0.0511. The molecular weight excluding hydrogens is 231 g/mol. The Balaban J connectivity index is 2.06. The second kappa shape index (κ2) is 5.38. The van der Waals surface area contributed by atoms with Crippen LogP contribution in [0, 0.1) is 12.7 Å². The van der Waals surface area contributed by atoms with Crippen molar-refractivity contribution in [1.29, 1.82) is 0 Å². The number of halogens is 1. The van der Waals surface area contributed by atoms with Gasteiger partial charge in [-0.3, -0.25) is 4.79 Å². The zero-order valence-electron chi connectivity index (χ0n) is 10.9. The predicted molar refractivity (Wildman–Crippen MR) is 70.0 cm³/mol. The van der Waals surface area contributed by atoms with Crippen molar-refractivity contribution in [3.63, 3.8) is 0 Å². The number of rotatable bonds is 3. The first kappa shape index (κ1) is 12.9. The molecule has 1 aliphatic rings. The smallest absolute Gasteiger partial charge is 0.244 e. The molecule has 0 spiro atoms. The summed E-state index contributed by atoms with van der Waals surface area (Å²) in [5, 5.41) is 2.99. The molecule has 1 saturated heterocycles. The Morgan fingerprint density at radius 1 is 1.39 bits per heavy atom. The van der Waals surface area contributed by atoms with E-state index in [2.05, 4.69) is 5.32 Å². The monoisotopic (exact) mass is 250 g/mol.